The van der Waals surface area contributed by atoms with Gasteiger partial charge >= 0.3 is 0 Å². The van der Waals surface area contributed by atoms with Gasteiger partial charge in [-0.2, -0.15) is 0 Å². The summed E-state index contributed by atoms with van der Waals surface area (Å²) in [6.45, 7) is 5.11. The summed E-state index contributed by atoms with van der Waals surface area (Å²) in [7, 11) is 0. The summed E-state index contributed by atoms with van der Waals surface area (Å²) >= 11 is 5.96. The summed E-state index contributed by atoms with van der Waals surface area (Å²) in [5.41, 5.74) is 6.51. The lowest BCUT2D eigenvalue weighted by atomic mass is 10.1. The second kappa shape index (κ2) is 7.39. The second-order valence-electron chi connectivity index (χ2n) is 4.45. The zero-order valence-corrected chi connectivity index (χ0v) is 11.8. The third-order valence-corrected chi connectivity index (χ3v) is 3.28. The molecule has 0 radical (unpaired) electrons. The molecule has 1 aromatic rings. The molecular weight excluding hydrogens is 248 g/mol. The van der Waals surface area contributed by atoms with Crippen LogP contribution in [0.25, 0.3) is 0 Å². The highest BCUT2D eigenvalue weighted by molar-refractivity contribution is 6.30. The van der Waals surface area contributed by atoms with Crippen LogP contribution >= 0.6 is 11.6 Å². The minimum absolute atomic E-state index is 0.104. The summed E-state index contributed by atoms with van der Waals surface area (Å²) < 4.78 is 0. The van der Waals surface area contributed by atoms with E-state index in [1.807, 2.05) is 29.2 Å². The molecule has 18 heavy (non-hydrogen) atoms. The van der Waals surface area contributed by atoms with Crippen LogP contribution in [0.3, 0.4) is 0 Å². The van der Waals surface area contributed by atoms with E-state index in [1.54, 1.807) is 0 Å². The SMILES string of the molecule is CCC(C)N(Cc1cccc(Cl)c1)C(=O)CCN. The van der Waals surface area contributed by atoms with E-state index in [9.17, 15) is 4.79 Å². The van der Waals surface area contributed by atoms with Crippen molar-refractivity contribution < 1.29 is 4.79 Å². The highest BCUT2D eigenvalue weighted by atomic mass is 35.5. The van der Waals surface area contributed by atoms with E-state index in [0.717, 1.165) is 12.0 Å². The topological polar surface area (TPSA) is 46.3 Å². The Morgan fingerprint density at radius 2 is 2.22 bits per heavy atom. The molecule has 0 saturated carbocycles. The molecule has 0 aliphatic rings. The smallest absolute Gasteiger partial charge is 0.224 e. The molecule has 1 aromatic carbocycles. The predicted octanol–water partition coefficient (Wildman–Crippen LogP) is 2.82. The van der Waals surface area contributed by atoms with Gasteiger partial charge in [0.2, 0.25) is 5.91 Å². The van der Waals surface area contributed by atoms with Crippen LogP contribution in [0.2, 0.25) is 5.02 Å². The van der Waals surface area contributed by atoms with Crippen molar-refractivity contribution in [1.82, 2.24) is 4.90 Å². The molecule has 100 valence electrons. The fourth-order valence-electron chi connectivity index (χ4n) is 1.81. The van der Waals surface area contributed by atoms with Gasteiger partial charge in [0.25, 0.3) is 0 Å². The quantitative estimate of drug-likeness (QED) is 0.862. The zero-order valence-electron chi connectivity index (χ0n) is 11.0. The van der Waals surface area contributed by atoms with Crippen LogP contribution < -0.4 is 5.73 Å². The lowest BCUT2D eigenvalue weighted by Gasteiger charge is -2.28. The van der Waals surface area contributed by atoms with Crippen LogP contribution in [0, 0.1) is 0 Å². The lowest BCUT2D eigenvalue weighted by molar-refractivity contribution is -0.133. The van der Waals surface area contributed by atoms with Gasteiger partial charge in [0.1, 0.15) is 0 Å². The maximum atomic E-state index is 12.0. The van der Waals surface area contributed by atoms with Gasteiger partial charge in [-0.1, -0.05) is 30.7 Å². The maximum absolute atomic E-state index is 12.0. The molecule has 0 saturated heterocycles. The molecule has 1 amide bonds. The highest BCUT2D eigenvalue weighted by Crippen LogP contribution is 2.16. The monoisotopic (exact) mass is 268 g/mol. The summed E-state index contributed by atoms with van der Waals surface area (Å²) in [6, 6.07) is 7.83. The van der Waals surface area contributed by atoms with E-state index in [-0.39, 0.29) is 11.9 Å². The number of rotatable bonds is 6. The van der Waals surface area contributed by atoms with Crippen LogP contribution in [0.5, 0.6) is 0 Å². The molecule has 0 bridgehead atoms. The third-order valence-electron chi connectivity index (χ3n) is 3.04. The lowest BCUT2D eigenvalue weighted by Crippen LogP contribution is -2.38. The van der Waals surface area contributed by atoms with E-state index in [4.69, 9.17) is 17.3 Å². The molecule has 0 heterocycles. The van der Waals surface area contributed by atoms with Crippen molar-refractivity contribution in [2.24, 2.45) is 5.73 Å². The Hall–Kier alpha value is -1.06. The van der Waals surface area contributed by atoms with Gasteiger partial charge < -0.3 is 10.6 Å². The number of nitrogens with zero attached hydrogens (tertiary/aromatic N) is 1. The highest BCUT2D eigenvalue weighted by Gasteiger charge is 2.18. The molecular formula is C14H21ClN2O. The minimum Gasteiger partial charge on any atom is -0.336 e. The fourth-order valence-corrected chi connectivity index (χ4v) is 2.02. The van der Waals surface area contributed by atoms with Crippen LogP contribution in [0.15, 0.2) is 24.3 Å². The van der Waals surface area contributed by atoms with Crippen molar-refractivity contribution in [3.63, 3.8) is 0 Å². The Kier molecular flexibility index (Phi) is 6.16. The Morgan fingerprint density at radius 1 is 1.50 bits per heavy atom. The van der Waals surface area contributed by atoms with Crippen LogP contribution in [0.1, 0.15) is 32.3 Å². The number of carbonyl (C=O) groups is 1. The van der Waals surface area contributed by atoms with Crippen molar-refractivity contribution in [2.75, 3.05) is 6.54 Å². The summed E-state index contributed by atoms with van der Waals surface area (Å²) in [6.07, 6.45) is 1.32. The van der Waals surface area contributed by atoms with Gasteiger partial charge in [0.05, 0.1) is 0 Å². The largest absolute Gasteiger partial charge is 0.336 e. The number of hydrogen-bond donors (Lipinski definition) is 1. The summed E-state index contributed by atoms with van der Waals surface area (Å²) in [5.74, 6) is 0.104. The van der Waals surface area contributed by atoms with Gasteiger partial charge in [-0.15, -0.1) is 0 Å². The maximum Gasteiger partial charge on any atom is 0.224 e. The van der Waals surface area contributed by atoms with Gasteiger partial charge in [-0.25, -0.2) is 0 Å². The molecule has 0 aliphatic heterocycles. The van der Waals surface area contributed by atoms with Gasteiger partial charge in [0.15, 0.2) is 0 Å². The zero-order chi connectivity index (χ0) is 13.5. The van der Waals surface area contributed by atoms with Crippen molar-refractivity contribution in [1.29, 1.82) is 0 Å². The van der Waals surface area contributed by atoms with E-state index in [1.165, 1.54) is 0 Å². The van der Waals surface area contributed by atoms with Crippen molar-refractivity contribution in [3.8, 4) is 0 Å². The number of nitrogens with two attached hydrogens (primary N) is 1. The van der Waals surface area contributed by atoms with Crippen LogP contribution in [0.4, 0.5) is 0 Å². The number of hydrogen-bond acceptors (Lipinski definition) is 2. The number of carbonyl (C=O) groups excluding carboxylic acids is 1. The van der Waals surface area contributed by atoms with E-state index < -0.39 is 0 Å². The molecule has 4 heteroatoms. The minimum atomic E-state index is 0.104. The molecule has 0 fully saturated rings. The molecule has 0 aromatic heterocycles. The number of amides is 1. The first-order valence-corrected chi connectivity index (χ1v) is 6.70. The normalized spacial score (nSPS) is 12.2. The van der Waals surface area contributed by atoms with E-state index in [2.05, 4.69) is 13.8 Å². The first-order valence-electron chi connectivity index (χ1n) is 6.32. The molecule has 0 aliphatic carbocycles. The Morgan fingerprint density at radius 3 is 2.78 bits per heavy atom. The van der Waals surface area contributed by atoms with E-state index >= 15 is 0 Å². The van der Waals surface area contributed by atoms with Crippen LogP contribution in [-0.2, 0) is 11.3 Å². The van der Waals surface area contributed by atoms with Gasteiger partial charge in [-0.05, 0) is 31.0 Å². The van der Waals surface area contributed by atoms with Crippen molar-refractivity contribution in [3.05, 3.63) is 34.9 Å². The fraction of sp³-hybridized carbons (Fsp3) is 0.500. The number of benzene rings is 1. The van der Waals surface area contributed by atoms with Crippen molar-refractivity contribution >= 4 is 17.5 Å². The average molecular weight is 269 g/mol. The Balaban J connectivity index is 2.81. The predicted molar refractivity (Wildman–Crippen MR) is 75.4 cm³/mol. The molecule has 1 unspecified atom stereocenters. The molecule has 1 atom stereocenters. The molecule has 3 nitrogen and oxygen atoms in total. The Bertz CT molecular complexity index is 395. The second-order valence-corrected chi connectivity index (χ2v) is 4.88. The number of halogens is 1. The summed E-state index contributed by atoms with van der Waals surface area (Å²) in [5, 5.41) is 0.697. The first kappa shape index (κ1) is 15.0. The van der Waals surface area contributed by atoms with E-state index in [0.29, 0.717) is 24.5 Å². The average Bonchev–Trinajstić information content (AvgIpc) is 2.35. The summed E-state index contributed by atoms with van der Waals surface area (Å²) in [4.78, 5) is 13.9. The molecule has 1 rings (SSSR count). The van der Waals surface area contributed by atoms with Crippen molar-refractivity contribution in [2.45, 2.75) is 39.3 Å². The standard InChI is InChI=1S/C14H21ClN2O/c1-3-11(2)17(14(18)7-8-16)10-12-5-4-6-13(15)9-12/h4-6,9,11H,3,7-8,10,16H2,1-2H3. The third kappa shape index (κ3) is 4.31. The Labute approximate surface area is 114 Å². The van der Waals surface area contributed by atoms with Gasteiger partial charge in [0, 0.05) is 30.6 Å². The molecule has 2 N–H and O–H groups in total. The first-order chi connectivity index (χ1) is 8.58. The molecule has 0 spiro atoms. The van der Waals surface area contributed by atoms with Gasteiger partial charge in [-0.3, -0.25) is 4.79 Å². The van der Waals surface area contributed by atoms with Crippen LogP contribution in [-0.4, -0.2) is 23.4 Å².